The highest BCUT2D eigenvalue weighted by atomic mass is 35.5. The summed E-state index contributed by atoms with van der Waals surface area (Å²) in [6, 6.07) is 15.8. The van der Waals surface area contributed by atoms with Crippen LogP contribution in [0.25, 0.3) is 0 Å². The smallest absolute Gasteiger partial charge is 0.310 e. The molecule has 0 saturated carbocycles. The molecule has 13 heteroatoms. The van der Waals surface area contributed by atoms with Crippen molar-refractivity contribution in [2.75, 3.05) is 6.61 Å². The summed E-state index contributed by atoms with van der Waals surface area (Å²) in [5.41, 5.74) is -1.88. The number of halogens is 6. The Labute approximate surface area is 213 Å². The molecule has 194 valence electrons. The Morgan fingerprint density at radius 1 is 0.973 bits per heavy atom. The van der Waals surface area contributed by atoms with E-state index in [1.807, 2.05) is 12.1 Å². The first-order chi connectivity index (χ1) is 17.0. The van der Waals surface area contributed by atoms with Gasteiger partial charge in [-0.15, -0.1) is 0 Å². The van der Waals surface area contributed by atoms with Gasteiger partial charge < -0.3 is 14.8 Å². The van der Waals surface area contributed by atoms with Gasteiger partial charge in [0.25, 0.3) is 5.91 Å². The average Bonchev–Trinajstić information content (AvgIpc) is 2.83. The maximum absolute atomic E-state index is 12.9. The molecule has 0 aliphatic rings. The Morgan fingerprint density at radius 2 is 1.59 bits per heavy atom. The van der Waals surface area contributed by atoms with Gasteiger partial charge in [0.2, 0.25) is 0 Å². The number of amides is 1. The molecule has 3 rings (SSSR count). The Balaban J connectivity index is 1.78. The molecular weight excluding hydrogens is 541 g/mol. The summed E-state index contributed by atoms with van der Waals surface area (Å²) in [5.74, 6) is -0.362. The van der Waals surface area contributed by atoms with Gasteiger partial charge in [0, 0.05) is 16.7 Å². The lowest BCUT2D eigenvalue weighted by Crippen LogP contribution is -2.49. The first-order valence-corrected chi connectivity index (χ1v) is 12.5. The number of nitriles is 2. The number of rotatable bonds is 8. The van der Waals surface area contributed by atoms with Crippen molar-refractivity contribution >= 4 is 27.7 Å². The zero-order valence-electron chi connectivity index (χ0n) is 18.9. The highest BCUT2D eigenvalue weighted by Gasteiger charge is 2.65. The van der Waals surface area contributed by atoms with Crippen LogP contribution in [0.1, 0.15) is 22.8 Å². The maximum Gasteiger partial charge on any atom is 0.310 e. The normalized spacial score (nSPS) is 14.6. The van der Waals surface area contributed by atoms with Crippen LogP contribution in [0, 0.1) is 22.7 Å². The molecule has 3 aromatic rings. The van der Waals surface area contributed by atoms with E-state index in [0.717, 1.165) is 0 Å². The Hall–Kier alpha value is -4.00. The van der Waals surface area contributed by atoms with Crippen LogP contribution in [-0.2, 0) is 0 Å². The third kappa shape index (κ3) is 7.26. The Bertz CT molecular complexity index is 1420. The van der Waals surface area contributed by atoms with Gasteiger partial charge in [-0.2, -0.15) is 10.5 Å². The molecule has 0 spiro atoms. The fourth-order valence-corrected chi connectivity index (χ4v) is 3.69. The molecule has 0 aliphatic heterocycles. The first-order valence-electron chi connectivity index (χ1n) is 10.2. The van der Waals surface area contributed by atoms with Crippen molar-refractivity contribution in [3.05, 3.63) is 82.9 Å². The minimum Gasteiger partial charge on any atom is -0.486 e. The third-order valence-electron chi connectivity index (χ3n) is 4.83. The second-order valence-electron chi connectivity index (χ2n) is 8.01. The lowest BCUT2D eigenvalue weighted by molar-refractivity contribution is 0.0900. The second-order valence-corrected chi connectivity index (χ2v) is 10.9. The summed E-state index contributed by atoms with van der Waals surface area (Å²) in [5, 5.41) is 21.6. The van der Waals surface area contributed by atoms with Gasteiger partial charge in [-0.05, 0) is 67.6 Å². The van der Waals surface area contributed by atoms with Crippen LogP contribution in [0.4, 0.5) is 19.4 Å². The van der Waals surface area contributed by atoms with Gasteiger partial charge in [-0.25, -0.2) is 0 Å². The molecule has 0 fully saturated rings. The van der Waals surface area contributed by atoms with Gasteiger partial charge in [0.15, 0.2) is 17.0 Å². The summed E-state index contributed by atoms with van der Waals surface area (Å²) in [7, 11) is -9.90. The minimum atomic E-state index is -9.90. The van der Waals surface area contributed by atoms with Crippen LogP contribution in [0.5, 0.6) is 17.2 Å². The molecule has 0 heterocycles. The summed E-state index contributed by atoms with van der Waals surface area (Å²) in [6.07, 6.45) is 0. The van der Waals surface area contributed by atoms with E-state index in [-0.39, 0.29) is 34.8 Å². The van der Waals surface area contributed by atoms with E-state index in [0.29, 0.717) is 22.9 Å². The predicted molar refractivity (Wildman–Crippen MR) is 128 cm³/mol. The molecule has 0 radical (unpaired) electrons. The molecule has 3 aromatic carbocycles. The van der Waals surface area contributed by atoms with Crippen molar-refractivity contribution in [2.24, 2.45) is 0 Å². The van der Waals surface area contributed by atoms with E-state index in [9.17, 15) is 34.7 Å². The van der Waals surface area contributed by atoms with Crippen molar-refractivity contribution < 1.29 is 33.7 Å². The quantitative estimate of drug-likeness (QED) is 0.286. The maximum atomic E-state index is 12.9. The van der Waals surface area contributed by atoms with E-state index in [1.54, 1.807) is 24.3 Å². The van der Waals surface area contributed by atoms with Crippen molar-refractivity contribution in [3.8, 4) is 29.4 Å². The zero-order valence-corrected chi connectivity index (χ0v) is 20.4. The van der Waals surface area contributed by atoms with E-state index in [2.05, 4.69) is 5.32 Å². The summed E-state index contributed by atoms with van der Waals surface area (Å²) in [4.78, 5) is 10.4. The van der Waals surface area contributed by atoms with E-state index >= 15 is 0 Å². The van der Waals surface area contributed by atoms with Crippen LogP contribution >= 0.6 is 21.8 Å². The molecule has 1 atom stereocenters. The van der Waals surface area contributed by atoms with Crippen molar-refractivity contribution in [2.45, 2.75) is 17.4 Å². The number of benzene rings is 3. The van der Waals surface area contributed by atoms with Crippen LogP contribution < -0.4 is 14.8 Å². The molecule has 0 bridgehead atoms. The summed E-state index contributed by atoms with van der Waals surface area (Å²) >= 11 is 5.86. The lowest BCUT2D eigenvalue weighted by Gasteiger charge is -2.40. The Kier molecular flexibility index (Phi) is 6.82. The van der Waals surface area contributed by atoms with Crippen molar-refractivity contribution in [1.29, 1.82) is 10.5 Å². The molecule has 1 amide bonds. The summed E-state index contributed by atoms with van der Waals surface area (Å²) < 4.78 is 76.0. The van der Waals surface area contributed by atoms with Crippen LogP contribution in [0.2, 0.25) is 5.02 Å². The number of hydrogen-bond acceptors (Lipinski definition) is 5. The SMILES string of the molecule is CC(C#N)(COc1cc(C#N)ccc1Oc1ccc(Cl)cc1)NC(=O)c1ccc(S(F)(F)(F)(F)F)cc1. The van der Waals surface area contributed by atoms with Gasteiger partial charge >= 0.3 is 10.2 Å². The van der Waals surface area contributed by atoms with Crippen LogP contribution in [0.15, 0.2) is 71.6 Å². The van der Waals surface area contributed by atoms with E-state index in [4.69, 9.17) is 21.1 Å². The monoisotopic (exact) mass is 557 g/mol. The fourth-order valence-electron chi connectivity index (χ4n) is 2.91. The third-order valence-corrected chi connectivity index (χ3v) is 6.24. The second kappa shape index (κ2) is 9.14. The topological polar surface area (TPSA) is 95.1 Å². The molecule has 6 nitrogen and oxygen atoms in total. The highest BCUT2D eigenvalue weighted by Crippen LogP contribution is 3.02. The molecular formula is C24H17ClF5N3O3S. The minimum absolute atomic E-state index is 0.0601. The number of nitrogens with one attached hydrogen (secondary N) is 1. The lowest BCUT2D eigenvalue weighted by atomic mass is 10.0. The molecule has 37 heavy (non-hydrogen) atoms. The average molecular weight is 558 g/mol. The fraction of sp³-hybridized carbons (Fsp3) is 0.125. The zero-order chi connectivity index (χ0) is 27.5. The van der Waals surface area contributed by atoms with Crippen molar-refractivity contribution in [3.63, 3.8) is 0 Å². The van der Waals surface area contributed by atoms with Gasteiger partial charge in [-0.1, -0.05) is 31.0 Å². The predicted octanol–water partition coefficient (Wildman–Crippen LogP) is 7.75. The number of ether oxygens (including phenoxy) is 2. The van der Waals surface area contributed by atoms with Gasteiger partial charge in [0.05, 0.1) is 17.7 Å². The highest BCUT2D eigenvalue weighted by molar-refractivity contribution is 8.45. The van der Waals surface area contributed by atoms with E-state index in [1.165, 1.54) is 25.1 Å². The Morgan fingerprint density at radius 3 is 2.14 bits per heavy atom. The summed E-state index contributed by atoms with van der Waals surface area (Å²) in [6.45, 7) is 0.812. The largest absolute Gasteiger partial charge is 0.486 e. The van der Waals surface area contributed by atoms with Crippen LogP contribution in [-0.4, -0.2) is 18.1 Å². The number of carbonyl (C=O) groups is 1. The molecule has 1 N–H and O–H groups in total. The number of carbonyl (C=O) groups excluding carboxylic acids is 1. The molecule has 0 aromatic heterocycles. The molecule has 0 saturated heterocycles. The number of hydrogen-bond donors (Lipinski definition) is 1. The standard InChI is InChI=1S/C24H17ClF5N3O3S/c1-24(14-32,33-23(34)17-3-9-20(10-4-17)37(26,27,28,29)30)15-35-22-12-16(13-31)2-11-21(22)36-19-7-5-18(25)6-8-19/h2-12H,15H2,1H3,(H,33,34). The first kappa shape index (κ1) is 27.6. The number of nitrogens with zero attached hydrogens (tertiary/aromatic N) is 2. The molecule has 1 unspecified atom stereocenters. The van der Waals surface area contributed by atoms with Gasteiger partial charge in [-0.3, -0.25) is 4.79 Å². The molecule has 0 aliphatic carbocycles. The van der Waals surface area contributed by atoms with Crippen LogP contribution in [0.3, 0.4) is 0 Å². The van der Waals surface area contributed by atoms with Gasteiger partial charge in [0.1, 0.15) is 17.3 Å². The van der Waals surface area contributed by atoms with Crippen molar-refractivity contribution in [1.82, 2.24) is 5.32 Å². The van der Waals surface area contributed by atoms with E-state index < -0.39 is 33.2 Å².